The fourth-order valence-electron chi connectivity index (χ4n) is 2.07. The second kappa shape index (κ2) is 5.61. The van der Waals surface area contributed by atoms with Crippen LogP contribution in [0.5, 0.6) is 0 Å². The maximum absolute atomic E-state index is 12.2. The van der Waals surface area contributed by atoms with E-state index < -0.39 is 0 Å². The lowest BCUT2D eigenvalue weighted by atomic mass is 10.3. The van der Waals surface area contributed by atoms with Gasteiger partial charge in [0.1, 0.15) is 18.3 Å². The van der Waals surface area contributed by atoms with Crippen LogP contribution in [-0.4, -0.2) is 25.2 Å². The molecule has 0 atom stereocenters. The van der Waals surface area contributed by atoms with Crippen LogP contribution in [0.3, 0.4) is 0 Å². The number of amides is 1. The minimum atomic E-state index is -0.325. The summed E-state index contributed by atoms with van der Waals surface area (Å²) in [6.07, 6.45) is 2.78. The number of benzene rings is 1. The van der Waals surface area contributed by atoms with E-state index >= 15 is 0 Å². The summed E-state index contributed by atoms with van der Waals surface area (Å²) < 4.78 is 2.75. The normalized spacial score (nSPS) is 10.8. The molecule has 7 nitrogen and oxygen atoms in total. The summed E-state index contributed by atoms with van der Waals surface area (Å²) in [7, 11) is 1.70. The zero-order valence-electron chi connectivity index (χ0n) is 11.7. The quantitative estimate of drug-likeness (QED) is 0.792. The SMILES string of the molecule is Cn1ncc2c(=O)n(CC(=O)Nc3ccc(Cl)cc3)cnc21. The van der Waals surface area contributed by atoms with Crippen LogP contribution in [0.4, 0.5) is 5.69 Å². The molecule has 0 unspecified atom stereocenters. The lowest BCUT2D eigenvalue weighted by molar-refractivity contribution is -0.116. The summed E-state index contributed by atoms with van der Waals surface area (Å²) in [5.74, 6) is -0.325. The predicted molar refractivity (Wildman–Crippen MR) is 82.9 cm³/mol. The van der Waals surface area contributed by atoms with Crippen LogP contribution in [0.1, 0.15) is 0 Å². The average molecular weight is 318 g/mol. The Labute approximate surface area is 130 Å². The summed E-state index contributed by atoms with van der Waals surface area (Å²) in [6.45, 7) is -0.126. The van der Waals surface area contributed by atoms with Crippen LogP contribution in [-0.2, 0) is 18.4 Å². The number of anilines is 1. The zero-order chi connectivity index (χ0) is 15.7. The molecule has 1 amide bonds. The molecule has 0 bridgehead atoms. The topological polar surface area (TPSA) is 81.8 Å². The molecule has 1 N–H and O–H groups in total. The molecule has 3 aromatic rings. The second-order valence-electron chi connectivity index (χ2n) is 4.74. The first-order valence-electron chi connectivity index (χ1n) is 6.47. The predicted octanol–water partition coefficient (Wildman–Crippen LogP) is 1.42. The Kier molecular flexibility index (Phi) is 3.64. The summed E-state index contributed by atoms with van der Waals surface area (Å²) >= 11 is 5.78. The van der Waals surface area contributed by atoms with Crippen LogP contribution in [0, 0.1) is 0 Å². The van der Waals surface area contributed by atoms with Gasteiger partial charge in [-0.3, -0.25) is 18.8 Å². The maximum atomic E-state index is 12.2. The molecular weight excluding hydrogens is 306 g/mol. The van der Waals surface area contributed by atoms with E-state index in [4.69, 9.17) is 11.6 Å². The molecular formula is C14H12ClN5O2. The van der Waals surface area contributed by atoms with Crippen LogP contribution >= 0.6 is 11.6 Å². The first-order chi connectivity index (χ1) is 10.5. The lowest BCUT2D eigenvalue weighted by Gasteiger charge is -2.07. The minimum absolute atomic E-state index is 0.126. The smallest absolute Gasteiger partial charge is 0.264 e. The monoisotopic (exact) mass is 317 g/mol. The van der Waals surface area contributed by atoms with Crippen molar-refractivity contribution in [3.63, 3.8) is 0 Å². The minimum Gasteiger partial charge on any atom is -0.325 e. The molecule has 0 saturated carbocycles. The Morgan fingerprint density at radius 2 is 2.05 bits per heavy atom. The first kappa shape index (κ1) is 14.3. The van der Waals surface area contributed by atoms with Crippen molar-refractivity contribution < 1.29 is 4.79 Å². The molecule has 2 aromatic heterocycles. The van der Waals surface area contributed by atoms with Crippen molar-refractivity contribution in [3.05, 3.63) is 52.2 Å². The molecule has 3 rings (SSSR count). The largest absolute Gasteiger partial charge is 0.325 e. The lowest BCUT2D eigenvalue weighted by Crippen LogP contribution is -2.27. The number of nitrogens with zero attached hydrogens (tertiary/aromatic N) is 4. The van der Waals surface area contributed by atoms with Crippen molar-refractivity contribution in [3.8, 4) is 0 Å². The fraction of sp³-hybridized carbons (Fsp3) is 0.143. The molecule has 0 aliphatic carbocycles. The average Bonchev–Trinajstić information content (AvgIpc) is 2.87. The molecule has 0 spiro atoms. The fourth-order valence-corrected chi connectivity index (χ4v) is 2.19. The number of halogens is 1. The number of hydrogen-bond donors (Lipinski definition) is 1. The molecule has 112 valence electrons. The standard InChI is InChI=1S/C14H12ClN5O2/c1-19-13-11(6-17-19)14(22)20(8-16-13)7-12(21)18-10-4-2-9(15)3-5-10/h2-6,8H,7H2,1H3,(H,18,21). The van der Waals surface area contributed by atoms with E-state index in [2.05, 4.69) is 15.4 Å². The number of carbonyl (C=O) groups excluding carboxylic acids is 1. The van der Waals surface area contributed by atoms with Crippen molar-refractivity contribution >= 4 is 34.2 Å². The third-order valence-corrected chi connectivity index (χ3v) is 3.41. The third-order valence-electron chi connectivity index (χ3n) is 3.16. The van der Waals surface area contributed by atoms with Gasteiger partial charge in [0.05, 0.1) is 6.20 Å². The van der Waals surface area contributed by atoms with Gasteiger partial charge in [-0.05, 0) is 24.3 Å². The maximum Gasteiger partial charge on any atom is 0.264 e. The molecule has 0 aliphatic heterocycles. The number of fused-ring (bicyclic) bond motifs is 1. The Morgan fingerprint density at radius 1 is 1.32 bits per heavy atom. The van der Waals surface area contributed by atoms with E-state index in [9.17, 15) is 9.59 Å². The van der Waals surface area contributed by atoms with E-state index in [1.54, 1.807) is 31.3 Å². The summed E-state index contributed by atoms with van der Waals surface area (Å²) in [5.41, 5.74) is 0.793. The second-order valence-corrected chi connectivity index (χ2v) is 5.17. The van der Waals surface area contributed by atoms with Crippen molar-refractivity contribution in [2.45, 2.75) is 6.54 Å². The Balaban J connectivity index is 1.80. The highest BCUT2D eigenvalue weighted by Crippen LogP contribution is 2.13. The molecule has 0 aliphatic rings. The Bertz CT molecular complexity index is 898. The summed E-state index contributed by atoms with van der Waals surface area (Å²) in [4.78, 5) is 28.4. The van der Waals surface area contributed by atoms with E-state index in [0.717, 1.165) is 0 Å². The number of aromatic nitrogens is 4. The van der Waals surface area contributed by atoms with Crippen molar-refractivity contribution in [1.29, 1.82) is 0 Å². The molecule has 8 heteroatoms. The highest BCUT2D eigenvalue weighted by atomic mass is 35.5. The molecule has 2 heterocycles. The van der Waals surface area contributed by atoms with E-state index in [0.29, 0.717) is 21.7 Å². The number of carbonyl (C=O) groups is 1. The van der Waals surface area contributed by atoms with Gasteiger partial charge < -0.3 is 5.32 Å². The number of hydrogen-bond acceptors (Lipinski definition) is 4. The van der Waals surface area contributed by atoms with Gasteiger partial charge in [0.25, 0.3) is 5.56 Å². The van der Waals surface area contributed by atoms with Crippen molar-refractivity contribution in [2.75, 3.05) is 5.32 Å². The van der Waals surface area contributed by atoms with Gasteiger partial charge >= 0.3 is 0 Å². The number of rotatable bonds is 3. The van der Waals surface area contributed by atoms with Gasteiger partial charge in [0.15, 0.2) is 5.65 Å². The van der Waals surface area contributed by atoms with Crippen LogP contribution in [0.2, 0.25) is 5.02 Å². The Hall–Kier alpha value is -2.67. The number of nitrogens with one attached hydrogen (secondary N) is 1. The van der Waals surface area contributed by atoms with Gasteiger partial charge in [0.2, 0.25) is 5.91 Å². The van der Waals surface area contributed by atoms with Crippen molar-refractivity contribution in [2.24, 2.45) is 7.05 Å². The summed E-state index contributed by atoms with van der Waals surface area (Å²) in [6, 6.07) is 6.72. The molecule has 22 heavy (non-hydrogen) atoms. The highest BCUT2D eigenvalue weighted by molar-refractivity contribution is 6.30. The van der Waals surface area contributed by atoms with E-state index in [1.165, 1.54) is 21.8 Å². The van der Waals surface area contributed by atoms with Gasteiger partial charge in [-0.15, -0.1) is 0 Å². The van der Waals surface area contributed by atoms with Crippen LogP contribution < -0.4 is 10.9 Å². The van der Waals surface area contributed by atoms with Gasteiger partial charge in [-0.2, -0.15) is 5.10 Å². The summed E-state index contributed by atoms with van der Waals surface area (Å²) in [5, 5.41) is 7.64. The Morgan fingerprint density at radius 3 is 2.77 bits per heavy atom. The van der Waals surface area contributed by atoms with Gasteiger partial charge in [-0.25, -0.2) is 4.98 Å². The molecule has 0 saturated heterocycles. The molecule has 1 aromatic carbocycles. The highest BCUT2D eigenvalue weighted by Gasteiger charge is 2.10. The van der Waals surface area contributed by atoms with Crippen LogP contribution in [0.15, 0.2) is 41.6 Å². The van der Waals surface area contributed by atoms with E-state index in [-0.39, 0.29) is 18.0 Å². The van der Waals surface area contributed by atoms with Gasteiger partial charge in [-0.1, -0.05) is 11.6 Å². The van der Waals surface area contributed by atoms with Gasteiger partial charge in [0, 0.05) is 17.8 Å². The van der Waals surface area contributed by atoms with Crippen molar-refractivity contribution in [1.82, 2.24) is 19.3 Å². The zero-order valence-corrected chi connectivity index (χ0v) is 12.4. The molecule has 0 fully saturated rings. The van der Waals surface area contributed by atoms with Crippen LogP contribution in [0.25, 0.3) is 11.0 Å². The first-order valence-corrected chi connectivity index (χ1v) is 6.85. The van der Waals surface area contributed by atoms with E-state index in [1.807, 2.05) is 0 Å². The third kappa shape index (κ3) is 2.71. The number of aryl methyl sites for hydroxylation is 1. The molecule has 0 radical (unpaired) electrons.